The van der Waals surface area contributed by atoms with E-state index in [1.807, 2.05) is 37.6 Å². The number of aliphatic hydroxyl groups is 1. The normalized spacial score (nSPS) is 12.0. The van der Waals surface area contributed by atoms with Gasteiger partial charge in [0.05, 0.1) is 23.8 Å². The Morgan fingerprint density at radius 1 is 1.02 bits per heavy atom. The van der Waals surface area contributed by atoms with Crippen molar-refractivity contribution in [1.82, 2.24) is 25.2 Å². The fourth-order valence-corrected chi connectivity index (χ4v) is 4.39. The van der Waals surface area contributed by atoms with Crippen LogP contribution in [0, 0.1) is 18.8 Å². The number of hydrogen-bond donors (Lipinski definition) is 4. The molecule has 3 rings (SSSR count). The quantitative estimate of drug-likeness (QED) is 0.152. The zero-order valence-electron chi connectivity index (χ0n) is 29.3. The van der Waals surface area contributed by atoms with E-state index in [4.69, 9.17) is 5.11 Å². The Morgan fingerprint density at radius 2 is 1.67 bits per heavy atom. The van der Waals surface area contributed by atoms with E-state index in [1.165, 1.54) is 24.7 Å². The van der Waals surface area contributed by atoms with Gasteiger partial charge in [0.2, 0.25) is 5.91 Å². The van der Waals surface area contributed by atoms with Gasteiger partial charge in [0.25, 0.3) is 11.8 Å². The molecular formula is C34H56F2N6O3S. The number of thiazole rings is 1. The fourth-order valence-electron chi connectivity index (χ4n) is 3.67. The highest BCUT2D eigenvalue weighted by molar-refractivity contribution is 7.14. The molecule has 3 heterocycles. The van der Waals surface area contributed by atoms with Gasteiger partial charge >= 0.3 is 0 Å². The van der Waals surface area contributed by atoms with E-state index in [0.717, 1.165) is 37.3 Å². The van der Waals surface area contributed by atoms with Crippen LogP contribution in [-0.2, 0) is 11.8 Å². The standard InChI is InChI=1S/C17H17N5O2S.C11H23F2N.C5H12.CH4O/c1-11-4-3-5-13(19-11)14-10-25-17(20-14)21-15(23)8-18-16(24)12-6-7-22(2)9-12;1-5-9(3)7-8-10(14-4)11(12,13)6-2;1-4-5(2)3;1-2/h3-7,9-10H,8H2,1-2H3,(H,18,24)(H,20,21,23);9-10,14H,5-8H2,1-4H3;5H,4H2,1-3H3;2H,1H3. The van der Waals surface area contributed by atoms with E-state index in [2.05, 4.69) is 60.5 Å². The maximum absolute atomic E-state index is 13.3. The number of hydrogen-bond acceptors (Lipinski definition) is 7. The van der Waals surface area contributed by atoms with Crippen molar-refractivity contribution in [2.75, 3.05) is 26.0 Å². The van der Waals surface area contributed by atoms with Crippen molar-refractivity contribution in [2.24, 2.45) is 18.9 Å². The second kappa shape index (κ2) is 23.2. The van der Waals surface area contributed by atoms with Crippen LogP contribution < -0.4 is 16.0 Å². The Bertz CT molecular complexity index is 1270. The number of halogens is 2. The van der Waals surface area contributed by atoms with Crippen molar-refractivity contribution in [2.45, 2.75) is 92.5 Å². The first-order valence-electron chi connectivity index (χ1n) is 15.8. The molecule has 0 saturated heterocycles. The molecule has 0 aromatic carbocycles. The third-order valence-electron chi connectivity index (χ3n) is 7.20. The Hall–Kier alpha value is -3.22. The molecule has 0 bridgehead atoms. The highest BCUT2D eigenvalue weighted by atomic mass is 32.1. The summed E-state index contributed by atoms with van der Waals surface area (Å²) in [6, 6.07) is 6.71. The number of carbonyl (C=O) groups is 2. The lowest BCUT2D eigenvalue weighted by Crippen LogP contribution is -2.42. The maximum Gasteiger partial charge on any atom is 0.262 e. The summed E-state index contributed by atoms with van der Waals surface area (Å²) in [7, 11) is 4.44. The number of rotatable bonds is 13. The average Bonchev–Trinajstić information content (AvgIpc) is 3.70. The lowest BCUT2D eigenvalue weighted by Gasteiger charge is -2.26. The van der Waals surface area contributed by atoms with Crippen molar-refractivity contribution in [3.05, 3.63) is 53.3 Å². The lowest BCUT2D eigenvalue weighted by molar-refractivity contribution is -0.115. The molecule has 0 saturated carbocycles. The third-order valence-corrected chi connectivity index (χ3v) is 7.95. The predicted molar refractivity (Wildman–Crippen MR) is 187 cm³/mol. The second-order valence-electron chi connectivity index (χ2n) is 11.3. The molecular weight excluding hydrogens is 610 g/mol. The molecule has 2 unspecified atom stereocenters. The van der Waals surface area contributed by atoms with Crippen LogP contribution in [0.1, 0.15) is 89.7 Å². The van der Waals surface area contributed by atoms with Crippen LogP contribution in [-0.4, -0.2) is 64.1 Å². The average molecular weight is 667 g/mol. The number of aryl methyl sites for hydroxylation is 2. The summed E-state index contributed by atoms with van der Waals surface area (Å²) >= 11 is 1.31. The topological polar surface area (TPSA) is 121 Å². The summed E-state index contributed by atoms with van der Waals surface area (Å²) in [4.78, 5) is 32.6. The smallest absolute Gasteiger partial charge is 0.262 e. The Kier molecular flexibility index (Phi) is 21.5. The van der Waals surface area contributed by atoms with Gasteiger partial charge in [-0.25, -0.2) is 13.8 Å². The van der Waals surface area contributed by atoms with Gasteiger partial charge in [0.1, 0.15) is 5.69 Å². The van der Waals surface area contributed by atoms with Crippen LogP contribution in [0.25, 0.3) is 11.4 Å². The van der Waals surface area contributed by atoms with Crippen molar-refractivity contribution in [3.63, 3.8) is 0 Å². The van der Waals surface area contributed by atoms with E-state index >= 15 is 0 Å². The first-order valence-corrected chi connectivity index (χ1v) is 16.7. The van der Waals surface area contributed by atoms with Crippen LogP contribution in [0.3, 0.4) is 0 Å². The zero-order valence-corrected chi connectivity index (χ0v) is 30.1. The molecule has 0 aliphatic carbocycles. The van der Waals surface area contributed by atoms with Crippen molar-refractivity contribution in [1.29, 1.82) is 0 Å². The number of aromatic nitrogens is 3. The van der Waals surface area contributed by atoms with Crippen LogP contribution in [0.5, 0.6) is 0 Å². The van der Waals surface area contributed by atoms with Crippen LogP contribution in [0.4, 0.5) is 13.9 Å². The minimum Gasteiger partial charge on any atom is -0.400 e. The number of nitrogens with one attached hydrogen (secondary N) is 3. The van der Waals surface area contributed by atoms with Gasteiger partial charge in [0, 0.05) is 44.0 Å². The second-order valence-corrected chi connectivity index (χ2v) is 12.2. The largest absolute Gasteiger partial charge is 0.400 e. The van der Waals surface area contributed by atoms with Crippen molar-refractivity contribution >= 4 is 28.3 Å². The molecule has 9 nitrogen and oxygen atoms in total. The summed E-state index contributed by atoms with van der Waals surface area (Å²) in [5.41, 5.74) is 2.88. The van der Waals surface area contributed by atoms with Crippen LogP contribution in [0.15, 0.2) is 42.0 Å². The first-order chi connectivity index (χ1) is 21.8. The number of anilines is 1. The summed E-state index contributed by atoms with van der Waals surface area (Å²) in [6.07, 6.45) is 7.18. The number of aliphatic hydroxyl groups excluding tert-OH is 1. The Labute approximate surface area is 278 Å². The molecule has 0 aliphatic heterocycles. The molecule has 0 radical (unpaired) electrons. The Balaban J connectivity index is 0.000000816. The summed E-state index contributed by atoms with van der Waals surface area (Å²) in [5.74, 6) is -1.77. The highest BCUT2D eigenvalue weighted by Crippen LogP contribution is 2.27. The molecule has 3 aromatic heterocycles. The number of amides is 2. The first kappa shape index (κ1) is 42.8. The van der Waals surface area contributed by atoms with E-state index in [0.29, 0.717) is 28.7 Å². The van der Waals surface area contributed by atoms with E-state index < -0.39 is 12.0 Å². The van der Waals surface area contributed by atoms with Crippen molar-refractivity contribution in [3.8, 4) is 11.4 Å². The third kappa shape index (κ3) is 16.9. The molecule has 260 valence electrons. The van der Waals surface area contributed by atoms with E-state index in [9.17, 15) is 18.4 Å². The molecule has 0 fully saturated rings. The summed E-state index contributed by atoms with van der Waals surface area (Å²) in [6.45, 7) is 14.2. The summed E-state index contributed by atoms with van der Waals surface area (Å²) in [5, 5.41) is 17.3. The molecule has 0 aliphatic rings. The zero-order chi connectivity index (χ0) is 35.3. The van der Waals surface area contributed by atoms with Gasteiger partial charge in [-0.3, -0.25) is 14.6 Å². The van der Waals surface area contributed by atoms with Gasteiger partial charge in [-0.05, 0) is 56.8 Å². The summed E-state index contributed by atoms with van der Waals surface area (Å²) < 4.78 is 28.4. The van der Waals surface area contributed by atoms with Crippen LogP contribution >= 0.6 is 11.3 Å². The van der Waals surface area contributed by atoms with Crippen LogP contribution in [0.2, 0.25) is 0 Å². The molecule has 12 heteroatoms. The van der Waals surface area contributed by atoms with Gasteiger partial charge in [-0.1, -0.05) is 60.5 Å². The molecule has 2 atom stereocenters. The molecule has 2 amide bonds. The van der Waals surface area contributed by atoms with Gasteiger partial charge in [-0.15, -0.1) is 11.3 Å². The maximum atomic E-state index is 13.3. The molecule has 4 N–H and O–H groups in total. The number of alkyl halides is 2. The fraction of sp³-hybridized carbons (Fsp3) is 0.588. The molecule has 46 heavy (non-hydrogen) atoms. The number of pyridine rings is 1. The van der Waals surface area contributed by atoms with Gasteiger partial charge in [-0.2, -0.15) is 0 Å². The number of carbonyl (C=O) groups excluding carboxylic acids is 2. The predicted octanol–water partition coefficient (Wildman–Crippen LogP) is 7.33. The van der Waals surface area contributed by atoms with E-state index in [-0.39, 0.29) is 24.8 Å². The Morgan fingerprint density at radius 3 is 2.17 bits per heavy atom. The molecule has 3 aromatic rings. The van der Waals surface area contributed by atoms with Gasteiger partial charge in [0.15, 0.2) is 5.13 Å². The van der Waals surface area contributed by atoms with Crippen molar-refractivity contribution < 1.29 is 23.5 Å². The lowest BCUT2D eigenvalue weighted by atomic mass is 9.95. The highest BCUT2D eigenvalue weighted by Gasteiger charge is 2.36. The molecule has 0 spiro atoms. The monoisotopic (exact) mass is 666 g/mol. The van der Waals surface area contributed by atoms with Gasteiger partial charge < -0.3 is 25.6 Å². The van der Waals surface area contributed by atoms with E-state index in [1.54, 1.807) is 30.1 Å². The SMILES string of the molecule is CCC(C)C.CCC(C)CCC(NC)C(F)(F)CC.CO.Cc1cccc(-c2csc(NC(=O)CNC(=O)c3ccn(C)c3)n2)n1. The minimum atomic E-state index is -2.57. The minimum absolute atomic E-state index is 0.0843. The number of nitrogens with zero attached hydrogens (tertiary/aromatic N) is 3.